The summed E-state index contributed by atoms with van der Waals surface area (Å²) in [4.78, 5) is 29.5. The molecule has 2 heterocycles. The molecule has 6 nitrogen and oxygen atoms in total. The van der Waals surface area contributed by atoms with Crippen LogP contribution in [0, 0.1) is 6.92 Å². The number of halogens is 1. The van der Waals surface area contributed by atoms with Gasteiger partial charge in [-0.25, -0.2) is 9.59 Å². The number of allylic oxidation sites excluding steroid dienone is 2. The molecule has 1 aliphatic heterocycles. The number of ether oxygens (including phenoxy) is 2. The molecular weight excluding hydrogens is 344 g/mol. The summed E-state index contributed by atoms with van der Waals surface area (Å²) in [7, 11) is 1.31. The third kappa shape index (κ3) is 4.02. The fraction of sp³-hybridized carbons (Fsp3) is 0.389. The van der Waals surface area contributed by atoms with Crippen LogP contribution < -0.4 is 5.32 Å². The number of aromatic nitrogens is 1. The van der Waals surface area contributed by atoms with Crippen LogP contribution in [0.4, 0.5) is 0 Å². The average Bonchev–Trinajstić information content (AvgIpc) is 2.58. The number of aryl methyl sites for hydroxylation is 1. The van der Waals surface area contributed by atoms with Gasteiger partial charge in [-0.05, 0) is 32.9 Å². The maximum Gasteiger partial charge on any atom is 0.336 e. The second kappa shape index (κ2) is 8.16. The molecule has 1 N–H and O–H groups in total. The van der Waals surface area contributed by atoms with Crippen LogP contribution in [0.15, 0.2) is 40.7 Å². The van der Waals surface area contributed by atoms with Gasteiger partial charge in [-0.3, -0.25) is 4.98 Å². The lowest BCUT2D eigenvalue weighted by molar-refractivity contribution is -0.139. The van der Waals surface area contributed by atoms with E-state index < -0.39 is 17.9 Å². The van der Waals surface area contributed by atoms with Gasteiger partial charge in [0.25, 0.3) is 0 Å². The minimum absolute atomic E-state index is 0.0847. The lowest BCUT2D eigenvalue weighted by Crippen LogP contribution is -2.32. The second-order valence-corrected chi connectivity index (χ2v) is 6.03. The number of nitrogens with zero attached hydrogens (tertiary/aromatic N) is 1. The van der Waals surface area contributed by atoms with Gasteiger partial charge in [0, 0.05) is 17.1 Å². The smallest absolute Gasteiger partial charge is 0.336 e. The Hall–Kier alpha value is -2.34. The quantitative estimate of drug-likeness (QED) is 0.639. The zero-order valence-corrected chi connectivity index (χ0v) is 15.4. The minimum Gasteiger partial charge on any atom is -0.466 e. The number of esters is 2. The van der Waals surface area contributed by atoms with Crippen molar-refractivity contribution in [2.75, 3.05) is 19.6 Å². The first-order valence-corrected chi connectivity index (χ1v) is 8.37. The molecule has 1 atom stereocenters. The Morgan fingerprint density at radius 2 is 1.80 bits per heavy atom. The van der Waals surface area contributed by atoms with Gasteiger partial charge in [-0.15, -0.1) is 11.6 Å². The number of nitrogens with one attached hydrogen (secondary N) is 1. The fourth-order valence-corrected chi connectivity index (χ4v) is 2.95. The van der Waals surface area contributed by atoms with E-state index in [0.717, 1.165) is 5.69 Å². The largest absolute Gasteiger partial charge is 0.466 e. The van der Waals surface area contributed by atoms with Gasteiger partial charge in [-0.1, -0.05) is 6.07 Å². The molecule has 0 aliphatic carbocycles. The van der Waals surface area contributed by atoms with Crippen molar-refractivity contribution in [3.05, 3.63) is 52.1 Å². The summed E-state index contributed by atoms with van der Waals surface area (Å²) in [6.07, 6.45) is 0. The van der Waals surface area contributed by atoms with Crippen molar-refractivity contribution in [2.45, 2.75) is 26.7 Å². The number of rotatable bonds is 5. The summed E-state index contributed by atoms with van der Waals surface area (Å²) in [5, 5.41) is 3.06. The molecule has 7 heteroatoms. The lowest BCUT2D eigenvalue weighted by Gasteiger charge is -2.29. The molecule has 1 unspecified atom stereocenters. The molecule has 25 heavy (non-hydrogen) atoms. The van der Waals surface area contributed by atoms with Crippen molar-refractivity contribution in [3.63, 3.8) is 0 Å². The Morgan fingerprint density at radius 1 is 1.16 bits per heavy atom. The average molecular weight is 365 g/mol. The number of carbonyl (C=O) groups excluding carboxylic acids is 2. The zero-order valence-electron chi connectivity index (χ0n) is 14.7. The summed E-state index contributed by atoms with van der Waals surface area (Å²) in [5.41, 5.74) is 3.25. The lowest BCUT2D eigenvalue weighted by atomic mass is 9.82. The van der Waals surface area contributed by atoms with Crippen molar-refractivity contribution in [3.8, 4) is 0 Å². The van der Waals surface area contributed by atoms with Crippen molar-refractivity contribution in [1.82, 2.24) is 10.3 Å². The molecule has 0 fully saturated rings. The predicted molar refractivity (Wildman–Crippen MR) is 93.9 cm³/mol. The van der Waals surface area contributed by atoms with Crippen molar-refractivity contribution in [2.24, 2.45) is 0 Å². The van der Waals surface area contributed by atoms with E-state index in [2.05, 4.69) is 10.3 Å². The van der Waals surface area contributed by atoms with Crippen LogP contribution in [0.5, 0.6) is 0 Å². The normalized spacial score (nSPS) is 17.2. The Morgan fingerprint density at radius 3 is 2.36 bits per heavy atom. The number of alkyl halides is 1. The Labute approximate surface area is 151 Å². The maximum atomic E-state index is 12.6. The third-order valence-electron chi connectivity index (χ3n) is 3.90. The molecule has 1 aromatic heterocycles. The van der Waals surface area contributed by atoms with Gasteiger partial charge >= 0.3 is 11.9 Å². The van der Waals surface area contributed by atoms with Gasteiger partial charge in [0.2, 0.25) is 0 Å². The topological polar surface area (TPSA) is 77.5 Å². The minimum atomic E-state index is -0.670. The molecular formula is C18H21ClN2O4. The first-order valence-electron chi connectivity index (χ1n) is 7.84. The van der Waals surface area contributed by atoms with Crippen LogP contribution in [-0.2, 0) is 19.1 Å². The Balaban J connectivity index is 2.61. The molecule has 134 valence electrons. The highest BCUT2D eigenvalue weighted by Gasteiger charge is 2.38. The number of pyridine rings is 1. The van der Waals surface area contributed by atoms with E-state index in [1.807, 2.05) is 19.1 Å². The molecule has 0 amide bonds. The van der Waals surface area contributed by atoms with Gasteiger partial charge in [0.05, 0.1) is 35.7 Å². The first-order chi connectivity index (χ1) is 11.9. The number of methoxy groups -OCH3 is 1. The van der Waals surface area contributed by atoms with E-state index in [0.29, 0.717) is 28.2 Å². The highest BCUT2D eigenvalue weighted by molar-refractivity contribution is 6.18. The number of hydrogen-bond donors (Lipinski definition) is 1. The molecule has 0 spiro atoms. The Bertz CT molecular complexity index is 755. The van der Waals surface area contributed by atoms with Gasteiger partial charge in [0.1, 0.15) is 6.61 Å². The van der Waals surface area contributed by atoms with Crippen LogP contribution in [0.1, 0.15) is 31.2 Å². The highest BCUT2D eigenvalue weighted by atomic mass is 35.5. The second-order valence-electron chi connectivity index (χ2n) is 5.66. The third-order valence-corrected chi connectivity index (χ3v) is 4.06. The van der Waals surface area contributed by atoms with Crippen LogP contribution >= 0.6 is 11.6 Å². The standard InChI is InChI=1S/C18H21ClN2O4/c1-10-6-5-7-13(20-10)16-14(17(22)24-4)11(2)21-12(3)15(16)18(23)25-9-8-19/h5-7,16,21H,8-9H2,1-4H3. The molecule has 2 rings (SSSR count). The van der Waals surface area contributed by atoms with Gasteiger partial charge in [-0.2, -0.15) is 0 Å². The summed E-state index contributed by atoms with van der Waals surface area (Å²) in [6.45, 7) is 5.46. The first kappa shape index (κ1) is 19.0. The molecule has 0 saturated heterocycles. The van der Waals surface area contributed by atoms with Gasteiger partial charge in [0.15, 0.2) is 0 Å². The fourth-order valence-electron chi connectivity index (χ4n) is 2.87. The molecule has 0 radical (unpaired) electrons. The van der Waals surface area contributed by atoms with Crippen LogP contribution in [0.25, 0.3) is 0 Å². The maximum absolute atomic E-state index is 12.6. The van der Waals surface area contributed by atoms with Crippen LogP contribution in [0.2, 0.25) is 0 Å². The van der Waals surface area contributed by atoms with E-state index in [-0.39, 0.29) is 12.5 Å². The SMILES string of the molecule is COC(=O)C1=C(C)NC(C)=C(C(=O)OCCCl)C1c1cccc(C)n1. The molecule has 1 aromatic rings. The summed E-state index contributed by atoms with van der Waals surface area (Å²) >= 11 is 5.62. The van der Waals surface area contributed by atoms with E-state index in [1.54, 1.807) is 19.9 Å². The van der Waals surface area contributed by atoms with Gasteiger partial charge < -0.3 is 14.8 Å². The molecule has 1 aliphatic rings. The molecule has 0 bridgehead atoms. The number of carbonyl (C=O) groups is 2. The number of dihydropyridines is 1. The van der Waals surface area contributed by atoms with E-state index in [9.17, 15) is 9.59 Å². The van der Waals surface area contributed by atoms with E-state index in [1.165, 1.54) is 7.11 Å². The van der Waals surface area contributed by atoms with E-state index >= 15 is 0 Å². The monoisotopic (exact) mass is 364 g/mol. The zero-order chi connectivity index (χ0) is 18.6. The van der Waals surface area contributed by atoms with Crippen molar-refractivity contribution in [1.29, 1.82) is 0 Å². The highest BCUT2D eigenvalue weighted by Crippen LogP contribution is 2.38. The summed E-state index contributed by atoms with van der Waals surface area (Å²) in [6, 6.07) is 5.46. The summed E-state index contributed by atoms with van der Waals surface area (Å²) < 4.78 is 10.1. The van der Waals surface area contributed by atoms with Crippen molar-refractivity contribution < 1.29 is 19.1 Å². The summed E-state index contributed by atoms with van der Waals surface area (Å²) in [5.74, 6) is -1.53. The molecule has 0 saturated carbocycles. The molecule has 0 aromatic carbocycles. The Kier molecular flexibility index (Phi) is 6.20. The number of hydrogen-bond acceptors (Lipinski definition) is 6. The van der Waals surface area contributed by atoms with Crippen LogP contribution in [0.3, 0.4) is 0 Å². The van der Waals surface area contributed by atoms with Crippen molar-refractivity contribution >= 4 is 23.5 Å². The predicted octanol–water partition coefficient (Wildman–Crippen LogP) is 2.58. The van der Waals surface area contributed by atoms with Crippen LogP contribution in [-0.4, -0.2) is 36.5 Å². The van der Waals surface area contributed by atoms with E-state index in [4.69, 9.17) is 21.1 Å².